The molecule has 0 saturated heterocycles. The molecule has 0 fully saturated rings. The Morgan fingerprint density at radius 2 is 2.11 bits per heavy atom. The first-order valence-corrected chi connectivity index (χ1v) is 6.75. The molecule has 0 saturated carbocycles. The van der Waals surface area contributed by atoms with Crippen molar-refractivity contribution in [2.24, 2.45) is 0 Å². The van der Waals surface area contributed by atoms with Gasteiger partial charge in [0.15, 0.2) is 0 Å². The van der Waals surface area contributed by atoms with E-state index in [9.17, 15) is 18.0 Å². The van der Waals surface area contributed by atoms with Crippen molar-refractivity contribution in [1.29, 1.82) is 0 Å². The number of rotatable bonds is 5. The van der Waals surface area contributed by atoms with Gasteiger partial charge in [0.1, 0.15) is 0 Å². The summed E-state index contributed by atoms with van der Waals surface area (Å²) in [7, 11) is -3.69. The second-order valence-corrected chi connectivity index (χ2v) is 5.32. The van der Waals surface area contributed by atoms with Gasteiger partial charge in [-0.05, 0) is 12.1 Å². The molecule has 7 nitrogen and oxygen atoms in total. The maximum Gasteiger partial charge on any atom is 0.252 e. The van der Waals surface area contributed by atoms with Crippen LogP contribution in [0.25, 0.3) is 0 Å². The molecule has 1 aromatic heterocycles. The molecule has 8 heteroatoms. The Balaban J connectivity index is 2.43. The van der Waals surface area contributed by atoms with Crippen molar-refractivity contribution < 1.29 is 18.0 Å². The van der Waals surface area contributed by atoms with E-state index in [0.29, 0.717) is 5.56 Å². The third kappa shape index (κ3) is 4.91. The van der Waals surface area contributed by atoms with Crippen LogP contribution in [-0.2, 0) is 14.8 Å². The lowest BCUT2D eigenvalue weighted by molar-refractivity contribution is -0.117. The van der Waals surface area contributed by atoms with Gasteiger partial charge in [-0.1, -0.05) is 0 Å². The first-order chi connectivity index (χ1) is 8.41. The minimum atomic E-state index is -3.69. The van der Waals surface area contributed by atoms with E-state index in [2.05, 4.69) is 10.3 Å². The number of pyridine rings is 1. The lowest BCUT2D eigenvalue weighted by atomic mass is 10.3. The average Bonchev–Trinajstić information content (AvgIpc) is 2.28. The Kier molecular flexibility index (Phi) is 4.78. The molecule has 0 radical (unpaired) electrons. The lowest BCUT2D eigenvalue weighted by Gasteiger charge is -2.06. The summed E-state index contributed by atoms with van der Waals surface area (Å²) in [5.41, 5.74) is 0.342. The molecule has 0 aliphatic heterocycles. The third-order valence-corrected chi connectivity index (χ3v) is 3.22. The van der Waals surface area contributed by atoms with Gasteiger partial charge >= 0.3 is 0 Å². The quantitative estimate of drug-likeness (QED) is 0.735. The van der Waals surface area contributed by atoms with Crippen LogP contribution < -0.4 is 10.0 Å². The molecule has 0 bridgehead atoms. The highest BCUT2D eigenvalue weighted by atomic mass is 32.2. The molecule has 0 unspecified atom stereocenters. The fourth-order valence-electron chi connectivity index (χ4n) is 1.17. The van der Waals surface area contributed by atoms with Gasteiger partial charge in [-0.3, -0.25) is 19.3 Å². The molecule has 0 aromatic carbocycles. The van der Waals surface area contributed by atoms with Crippen LogP contribution in [-0.4, -0.2) is 37.5 Å². The van der Waals surface area contributed by atoms with Crippen molar-refractivity contribution in [2.75, 3.05) is 12.3 Å². The highest BCUT2D eigenvalue weighted by molar-refractivity contribution is 7.90. The number of nitrogens with zero attached hydrogens (tertiary/aromatic N) is 1. The lowest BCUT2D eigenvalue weighted by Crippen LogP contribution is -2.36. The standard InChI is InChI=1S/C10H13N3O4S/c1-8(14)13-18(16,17)6-5-12-10(15)9-3-2-4-11-7-9/h2-4,7H,5-6H2,1H3,(H,12,15)(H,13,14). The largest absolute Gasteiger partial charge is 0.351 e. The predicted octanol–water partition coefficient (Wildman–Crippen LogP) is -0.723. The molecular formula is C10H13N3O4S. The Labute approximate surface area is 105 Å². The van der Waals surface area contributed by atoms with Gasteiger partial charge in [0, 0.05) is 25.9 Å². The number of amides is 2. The minimum Gasteiger partial charge on any atom is -0.351 e. The van der Waals surface area contributed by atoms with Crippen LogP contribution in [0, 0.1) is 0 Å². The van der Waals surface area contributed by atoms with Crippen LogP contribution in [0.5, 0.6) is 0 Å². The zero-order valence-electron chi connectivity index (χ0n) is 9.71. The minimum absolute atomic E-state index is 0.0870. The summed E-state index contributed by atoms with van der Waals surface area (Å²) in [6.07, 6.45) is 2.90. The molecule has 2 N–H and O–H groups in total. The van der Waals surface area contributed by atoms with E-state index >= 15 is 0 Å². The van der Waals surface area contributed by atoms with Gasteiger partial charge in [0.25, 0.3) is 5.91 Å². The summed E-state index contributed by atoms with van der Waals surface area (Å²) in [5, 5.41) is 2.42. The van der Waals surface area contributed by atoms with Crippen molar-refractivity contribution in [3.8, 4) is 0 Å². The van der Waals surface area contributed by atoms with Crippen LogP contribution in [0.3, 0.4) is 0 Å². The number of hydrogen-bond acceptors (Lipinski definition) is 5. The summed E-state index contributed by atoms with van der Waals surface area (Å²) in [5.74, 6) is -1.44. The smallest absolute Gasteiger partial charge is 0.252 e. The second kappa shape index (κ2) is 6.10. The van der Waals surface area contributed by atoms with Gasteiger partial charge in [0.05, 0.1) is 11.3 Å². The molecule has 98 valence electrons. The van der Waals surface area contributed by atoms with E-state index in [0.717, 1.165) is 6.92 Å². The van der Waals surface area contributed by atoms with Crippen LogP contribution in [0.1, 0.15) is 17.3 Å². The van der Waals surface area contributed by atoms with E-state index in [-0.39, 0.29) is 12.3 Å². The van der Waals surface area contributed by atoms with E-state index in [4.69, 9.17) is 0 Å². The number of nitrogens with one attached hydrogen (secondary N) is 2. The van der Waals surface area contributed by atoms with Gasteiger partial charge in [-0.25, -0.2) is 8.42 Å². The first kappa shape index (κ1) is 14.1. The summed E-state index contributed by atoms with van der Waals surface area (Å²) in [6, 6.07) is 3.16. The molecule has 0 aliphatic rings. The SMILES string of the molecule is CC(=O)NS(=O)(=O)CCNC(=O)c1cccnc1. The monoisotopic (exact) mass is 271 g/mol. The fraction of sp³-hybridized carbons (Fsp3) is 0.300. The van der Waals surface area contributed by atoms with Crippen molar-refractivity contribution in [3.05, 3.63) is 30.1 Å². The average molecular weight is 271 g/mol. The topological polar surface area (TPSA) is 105 Å². The highest BCUT2D eigenvalue weighted by Crippen LogP contribution is 1.94. The van der Waals surface area contributed by atoms with Crippen molar-refractivity contribution in [3.63, 3.8) is 0 Å². The molecule has 2 amide bonds. The summed E-state index contributed by atoms with van der Waals surface area (Å²) in [4.78, 5) is 25.9. The maximum atomic E-state index is 11.5. The van der Waals surface area contributed by atoms with E-state index in [1.54, 1.807) is 16.9 Å². The number of hydrogen-bond donors (Lipinski definition) is 2. The summed E-state index contributed by atoms with van der Waals surface area (Å²) >= 11 is 0. The molecule has 18 heavy (non-hydrogen) atoms. The van der Waals surface area contributed by atoms with Crippen LogP contribution in [0.15, 0.2) is 24.5 Å². The van der Waals surface area contributed by atoms with E-state index < -0.39 is 21.8 Å². The molecule has 0 aliphatic carbocycles. The molecule has 0 atom stereocenters. The zero-order valence-corrected chi connectivity index (χ0v) is 10.5. The number of aromatic nitrogens is 1. The van der Waals surface area contributed by atoms with Crippen molar-refractivity contribution in [1.82, 2.24) is 15.0 Å². The highest BCUT2D eigenvalue weighted by Gasteiger charge is 2.12. The maximum absolute atomic E-state index is 11.5. The summed E-state index contributed by atoms with van der Waals surface area (Å²) in [6.45, 7) is 1.02. The van der Waals surface area contributed by atoms with E-state index in [1.165, 1.54) is 12.4 Å². The third-order valence-electron chi connectivity index (χ3n) is 1.88. The van der Waals surface area contributed by atoms with Crippen LogP contribution >= 0.6 is 0 Å². The predicted molar refractivity (Wildman–Crippen MR) is 64.2 cm³/mol. The molecular weight excluding hydrogens is 258 g/mol. The Bertz CT molecular complexity index is 527. The normalized spacial score (nSPS) is 10.7. The van der Waals surface area contributed by atoms with Crippen molar-refractivity contribution in [2.45, 2.75) is 6.92 Å². The Morgan fingerprint density at radius 1 is 1.39 bits per heavy atom. The van der Waals surface area contributed by atoms with Gasteiger partial charge in [-0.15, -0.1) is 0 Å². The first-order valence-electron chi connectivity index (χ1n) is 5.10. The number of sulfonamides is 1. The second-order valence-electron chi connectivity index (χ2n) is 3.47. The van der Waals surface area contributed by atoms with Gasteiger partial charge in [-0.2, -0.15) is 0 Å². The fourth-order valence-corrected chi connectivity index (χ4v) is 2.08. The Morgan fingerprint density at radius 3 is 2.67 bits per heavy atom. The van der Waals surface area contributed by atoms with Crippen molar-refractivity contribution >= 4 is 21.8 Å². The van der Waals surface area contributed by atoms with Gasteiger partial charge in [0.2, 0.25) is 15.9 Å². The number of carbonyl (C=O) groups excluding carboxylic acids is 2. The van der Waals surface area contributed by atoms with E-state index in [1.807, 2.05) is 0 Å². The van der Waals surface area contributed by atoms with Crippen LogP contribution in [0.2, 0.25) is 0 Å². The molecule has 1 heterocycles. The zero-order chi connectivity index (χ0) is 13.6. The Hall–Kier alpha value is -1.96. The molecule has 0 spiro atoms. The molecule has 1 aromatic rings. The van der Waals surface area contributed by atoms with Gasteiger partial charge < -0.3 is 5.32 Å². The van der Waals surface area contributed by atoms with Crippen LogP contribution in [0.4, 0.5) is 0 Å². The summed E-state index contributed by atoms with van der Waals surface area (Å²) < 4.78 is 24.3. The number of carbonyl (C=O) groups is 2. The molecule has 1 rings (SSSR count).